The van der Waals surface area contributed by atoms with E-state index in [4.69, 9.17) is 0 Å². The molecule has 0 atom stereocenters. The molecule has 80 valence electrons. The van der Waals surface area contributed by atoms with Crippen LogP contribution in [-0.4, -0.2) is 6.67 Å². The molecule has 0 saturated heterocycles. The van der Waals surface area contributed by atoms with Gasteiger partial charge in [-0.05, 0) is 37.0 Å². The molecule has 0 saturated carbocycles. The maximum atomic E-state index is 3.20. The summed E-state index contributed by atoms with van der Waals surface area (Å²) in [4.78, 5) is 2.25. The van der Waals surface area contributed by atoms with Gasteiger partial charge >= 0.3 is 0 Å². The van der Waals surface area contributed by atoms with Crippen LogP contribution in [0.15, 0.2) is 24.5 Å². The highest BCUT2D eigenvalue weighted by Gasteiger charge is 2.12. The summed E-state index contributed by atoms with van der Waals surface area (Å²) in [5, 5.41) is 3.20. The number of nitrogens with zero attached hydrogens (tertiary/aromatic N) is 1. The van der Waals surface area contributed by atoms with Crippen LogP contribution in [0.1, 0.15) is 23.6 Å². The lowest BCUT2D eigenvalue weighted by molar-refractivity contribution is 0.893. The molecule has 1 aromatic rings. The van der Waals surface area contributed by atoms with E-state index in [1.54, 1.807) is 0 Å². The average molecular weight is 202 g/mol. The highest BCUT2D eigenvalue weighted by atomic mass is 15.2. The van der Waals surface area contributed by atoms with E-state index in [2.05, 4.69) is 49.3 Å². The smallest absolute Gasteiger partial charge is 0.0916 e. The Balaban J connectivity index is 2.42. The predicted molar refractivity (Wildman–Crippen MR) is 64.9 cm³/mol. The lowest BCUT2D eigenvalue weighted by Gasteiger charge is -2.21. The molecule has 2 heteroatoms. The van der Waals surface area contributed by atoms with Gasteiger partial charge in [0.2, 0.25) is 0 Å². The lowest BCUT2D eigenvalue weighted by Crippen LogP contribution is -2.21. The van der Waals surface area contributed by atoms with Crippen LogP contribution < -0.4 is 10.2 Å². The van der Waals surface area contributed by atoms with Crippen molar-refractivity contribution in [1.29, 1.82) is 0 Å². The molecule has 0 fully saturated rings. The third-order valence-electron chi connectivity index (χ3n) is 2.88. The normalized spacial score (nSPS) is 14.5. The van der Waals surface area contributed by atoms with E-state index < -0.39 is 0 Å². The molecule has 2 rings (SSSR count). The molecule has 1 N–H and O–H groups in total. The van der Waals surface area contributed by atoms with Gasteiger partial charge in [-0.25, -0.2) is 0 Å². The standard InChI is InChI=1S/C13H18N2/c1-4-12-7-10(2)13(11(3)8-12)15-6-5-14-9-15/h5-8,14H,4,9H2,1-3H3. The van der Waals surface area contributed by atoms with Crippen LogP contribution in [0.5, 0.6) is 0 Å². The molecule has 0 amide bonds. The molecule has 15 heavy (non-hydrogen) atoms. The summed E-state index contributed by atoms with van der Waals surface area (Å²) >= 11 is 0. The van der Waals surface area contributed by atoms with Crippen LogP contribution in [-0.2, 0) is 6.42 Å². The van der Waals surface area contributed by atoms with Gasteiger partial charge in [-0.1, -0.05) is 19.1 Å². The van der Waals surface area contributed by atoms with E-state index in [0.717, 1.165) is 13.1 Å². The summed E-state index contributed by atoms with van der Waals surface area (Å²) in [6, 6.07) is 4.57. The summed E-state index contributed by atoms with van der Waals surface area (Å²) in [7, 11) is 0. The molecule has 2 nitrogen and oxygen atoms in total. The van der Waals surface area contributed by atoms with Gasteiger partial charge in [0.25, 0.3) is 0 Å². The van der Waals surface area contributed by atoms with E-state index >= 15 is 0 Å². The van der Waals surface area contributed by atoms with Crippen molar-refractivity contribution in [2.45, 2.75) is 27.2 Å². The third-order valence-corrected chi connectivity index (χ3v) is 2.88. The van der Waals surface area contributed by atoms with Gasteiger partial charge in [0.1, 0.15) is 0 Å². The Morgan fingerprint density at radius 1 is 1.27 bits per heavy atom. The largest absolute Gasteiger partial charge is 0.372 e. The van der Waals surface area contributed by atoms with Crippen LogP contribution in [0.2, 0.25) is 0 Å². The Bertz CT molecular complexity index is 371. The van der Waals surface area contributed by atoms with Gasteiger partial charge < -0.3 is 10.2 Å². The monoisotopic (exact) mass is 202 g/mol. The number of hydrogen-bond donors (Lipinski definition) is 1. The van der Waals surface area contributed by atoms with E-state index in [-0.39, 0.29) is 0 Å². The zero-order valence-electron chi connectivity index (χ0n) is 9.67. The SMILES string of the molecule is CCc1cc(C)c(N2C=CNC2)c(C)c1. The lowest BCUT2D eigenvalue weighted by atomic mass is 10.0. The quantitative estimate of drug-likeness (QED) is 0.793. The van der Waals surface area contributed by atoms with Crippen LogP contribution in [0, 0.1) is 13.8 Å². The fourth-order valence-corrected chi connectivity index (χ4v) is 2.20. The summed E-state index contributed by atoms with van der Waals surface area (Å²) in [5.74, 6) is 0. The van der Waals surface area contributed by atoms with Gasteiger partial charge in [0.15, 0.2) is 0 Å². The molecule has 0 unspecified atom stereocenters. The molecule has 1 heterocycles. The first-order valence-corrected chi connectivity index (χ1v) is 5.49. The minimum Gasteiger partial charge on any atom is -0.372 e. The van der Waals surface area contributed by atoms with E-state index in [0.29, 0.717) is 0 Å². The zero-order chi connectivity index (χ0) is 10.8. The molecule has 0 aromatic heterocycles. The second kappa shape index (κ2) is 3.97. The fourth-order valence-electron chi connectivity index (χ4n) is 2.20. The summed E-state index contributed by atoms with van der Waals surface area (Å²) < 4.78 is 0. The number of benzene rings is 1. The molecule has 0 bridgehead atoms. The van der Waals surface area contributed by atoms with Gasteiger partial charge in [0.05, 0.1) is 6.67 Å². The summed E-state index contributed by atoms with van der Waals surface area (Å²) in [6.07, 6.45) is 5.20. The first kappa shape index (κ1) is 10.1. The number of aryl methyl sites for hydroxylation is 3. The molecular formula is C13H18N2. The summed E-state index contributed by atoms with van der Waals surface area (Å²) in [6.45, 7) is 7.46. The minimum absolute atomic E-state index is 0.882. The molecule has 1 aliphatic heterocycles. The number of rotatable bonds is 2. The Labute approximate surface area is 91.6 Å². The summed E-state index contributed by atoms with van der Waals surface area (Å²) in [5.41, 5.74) is 5.48. The fraction of sp³-hybridized carbons (Fsp3) is 0.385. The first-order valence-electron chi connectivity index (χ1n) is 5.49. The van der Waals surface area contributed by atoms with Crippen molar-refractivity contribution in [1.82, 2.24) is 5.32 Å². The maximum Gasteiger partial charge on any atom is 0.0916 e. The van der Waals surface area contributed by atoms with Crippen molar-refractivity contribution in [3.8, 4) is 0 Å². The third kappa shape index (κ3) is 1.84. The Morgan fingerprint density at radius 2 is 1.93 bits per heavy atom. The van der Waals surface area contributed by atoms with Gasteiger partial charge in [-0.2, -0.15) is 0 Å². The van der Waals surface area contributed by atoms with Gasteiger partial charge in [-0.15, -0.1) is 0 Å². The van der Waals surface area contributed by atoms with E-state index in [1.807, 2.05) is 6.20 Å². The minimum atomic E-state index is 0.882. The Morgan fingerprint density at radius 3 is 2.40 bits per heavy atom. The second-order valence-electron chi connectivity index (χ2n) is 4.08. The van der Waals surface area contributed by atoms with Crippen molar-refractivity contribution in [2.24, 2.45) is 0 Å². The van der Waals surface area contributed by atoms with Crippen LogP contribution >= 0.6 is 0 Å². The zero-order valence-corrected chi connectivity index (χ0v) is 9.67. The Kier molecular flexibility index (Phi) is 2.67. The molecule has 0 spiro atoms. The van der Waals surface area contributed by atoms with Crippen LogP contribution in [0.4, 0.5) is 5.69 Å². The highest BCUT2D eigenvalue weighted by molar-refractivity contribution is 5.62. The number of hydrogen-bond acceptors (Lipinski definition) is 2. The van der Waals surface area contributed by atoms with Gasteiger partial charge in [0, 0.05) is 18.1 Å². The van der Waals surface area contributed by atoms with Crippen molar-refractivity contribution in [3.05, 3.63) is 41.2 Å². The van der Waals surface area contributed by atoms with Crippen molar-refractivity contribution in [3.63, 3.8) is 0 Å². The van der Waals surface area contributed by atoms with E-state index in [1.165, 1.54) is 22.4 Å². The molecule has 1 aliphatic rings. The topological polar surface area (TPSA) is 15.3 Å². The molecule has 0 aliphatic carbocycles. The van der Waals surface area contributed by atoms with Crippen LogP contribution in [0.3, 0.4) is 0 Å². The van der Waals surface area contributed by atoms with Gasteiger partial charge in [-0.3, -0.25) is 0 Å². The van der Waals surface area contributed by atoms with Crippen LogP contribution in [0.25, 0.3) is 0 Å². The Hall–Kier alpha value is -1.44. The first-order chi connectivity index (χ1) is 7.22. The maximum absolute atomic E-state index is 3.20. The molecular weight excluding hydrogens is 184 g/mol. The van der Waals surface area contributed by atoms with Crippen molar-refractivity contribution >= 4 is 5.69 Å². The number of nitrogens with one attached hydrogen (secondary N) is 1. The highest BCUT2D eigenvalue weighted by Crippen LogP contribution is 2.27. The van der Waals surface area contributed by atoms with Crippen molar-refractivity contribution < 1.29 is 0 Å². The molecule has 0 radical (unpaired) electrons. The second-order valence-corrected chi connectivity index (χ2v) is 4.08. The molecule has 1 aromatic carbocycles. The van der Waals surface area contributed by atoms with E-state index in [9.17, 15) is 0 Å². The predicted octanol–water partition coefficient (Wildman–Crippen LogP) is 2.70. The average Bonchev–Trinajstić information content (AvgIpc) is 2.69. The number of anilines is 1. The van der Waals surface area contributed by atoms with Crippen molar-refractivity contribution in [2.75, 3.05) is 11.6 Å².